The molecule has 2 aliphatic rings. The third-order valence-corrected chi connectivity index (χ3v) is 5.51. The van der Waals surface area contributed by atoms with Crippen molar-refractivity contribution in [3.8, 4) is 0 Å². The summed E-state index contributed by atoms with van der Waals surface area (Å²) in [5, 5.41) is 7.52. The first-order valence-electron chi connectivity index (χ1n) is 9.15. The number of fused-ring (bicyclic) bond motifs is 1. The van der Waals surface area contributed by atoms with Gasteiger partial charge in [-0.2, -0.15) is 5.10 Å². The molecule has 0 radical (unpaired) electrons. The van der Waals surface area contributed by atoms with E-state index in [0.717, 1.165) is 24.8 Å². The summed E-state index contributed by atoms with van der Waals surface area (Å²) in [5.41, 5.74) is 4.17. The van der Waals surface area contributed by atoms with Gasteiger partial charge in [0.25, 0.3) is 5.91 Å². The molecule has 1 aromatic carbocycles. The molecule has 2 aliphatic carbocycles. The number of nitrogens with zero attached hydrogens (tertiary/aromatic N) is 2. The Morgan fingerprint density at radius 2 is 2.00 bits per heavy atom. The molecule has 1 heterocycles. The van der Waals surface area contributed by atoms with Crippen molar-refractivity contribution < 1.29 is 4.79 Å². The fourth-order valence-corrected chi connectivity index (χ4v) is 3.81. The highest BCUT2D eigenvalue weighted by Crippen LogP contribution is 2.36. The van der Waals surface area contributed by atoms with Crippen molar-refractivity contribution in [2.24, 2.45) is 5.92 Å². The van der Waals surface area contributed by atoms with Crippen molar-refractivity contribution in [2.75, 3.05) is 0 Å². The van der Waals surface area contributed by atoms with Crippen molar-refractivity contribution in [2.45, 2.75) is 58.0 Å². The molecular formula is C20H25N3O. The van der Waals surface area contributed by atoms with Crippen LogP contribution in [0.15, 0.2) is 30.3 Å². The van der Waals surface area contributed by atoms with Gasteiger partial charge in [0.15, 0.2) is 5.69 Å². The molecule has 1 atom stereocenters. The van der Waals surface area contributed by atoms with Crippen molar-refractivity contribution in [1.82, 2.24) is 15.1 Å². The molecule has 1 fully saturated rings. The number of H-pyrrole nitrogens is 1. The van der Waals surface area contributed by atoms with Gasteiger partial charge in [-0.1, -0.05) is 30.3 Å². The fraction of sp³-hybridized carbons (Fsp3) is 0.500. The number of amides is 1. The topological polar surface area (TPSA) is 49.0 Å². The van der Waals surface area contributed by atoms with Gasteiger partial charge in [0.2, 0.25) is 0 Å². The SMILES string of the molecule is CC(C1CC1)N(Cc1ccccc1)C(=O)c1n[nH]c2c1CCCC2. The van der Waals surface area contributed by atoms with Gasteiger partial charge in [-0.3, -0.25) is 9.89 Å². The van der Waals surface area contributed by atoms with E-state index in [-0.39, 0.29) is 11.9 Å². The molecule has 0 aliphatic heterocycles. The summed E-state index contributed by atoms with van der Waals surface area (Å²) in [6.07, 6.45) is 6.81. The van der Waals surface area contributed by atoms with Crippen LogP contribution in [0.4, 0.5) is 0 Å². The predicted octanol–water partition coefficient (Wildman–Crippen LogP) is 3.73. The number of aromatic amines is 1. The van der Waals surface area contributed by atoms with Crippen molar-refractivity contribution in [3.63, 3.8) is 0 Å². The zero-order chi connectivity index (χ0) is 16.5. The molecule has 24 heavy (non-hydrogen) atoms. The molecule has 1 amide bonds. The zero-order valence-corrected chi connectivity index (χ0v) is 14.3. The molecular weight excluding hydrogens is 298 g/mol. The van der Waals surface area contributed by atoms with Gasteiger partial charge >= 0.3 is 0 Å². The maximum atomic E-state index is 13.3. The van der Waals surface area contributed by atoms with E-state index in [1.54, 1.807) is 0 Å². The van der Waals surface area contributed by atoms with E-state index in [2.05, 4.69) is 29.3 Å². The molecule has 1 unspecified atom stereocenters. The molecule has 0 bridgehead atoms. The first-order chi connectivity index (χ1) is 11.7. The van der Waals surface area contributed by atoms with Crippen LogP contribution in [-0.2, 0) is 19.4 Å². The number of carbonyl (C=O) groups excluding carboxylic acids is 1. The minimum Gasteiger partial charge on any atom is -0.330 e. The summed E-state index contributed by atoms with van der Waals surface area (Å²) in [7, 11) is 0. The molecule has 1 N–H and O–H groups in total. The van der Waals surface area contributed by atoms with Crippen LogP contribution >= 0.6 is 0 Å². The lowest BCUT2D eigenvalue weighted by Crippen LogP contribution is -2.40. The Bertz CT molecular complexity index is 718. The Labute approximate surface area is 143 Å². The second-order valence-corrected chi connectivity index (χ2v) is 7.23. The zero-order valence-electron chi connectivity index (χ0n) is 14.3. The quantitative estimate of drug-likeness (QED) is 0.911. The molecule has 0 spiro atoms. The first kappa shape index (κ1) is 15.4. The second kappa shape index (κ2) is 6.42. The summed E-state index contributed by atoms with van der Waals surface area (Å²) >= 11 is 0. The lowest BCUT2D eigenvalue weighted by atomic mass is 9.95. The highest BCUT2D eigenvalue weighted by molar-refractivity contribution is 5.94. The Morgan fingerprint density at radius 3 is 2.75 bits per heavy atom. The van der Waals surface area contributed by atoms with Crippen molar-refractivity contribution in [1.29, 1.82) is 0 Å². The number of aryl methyl sites for hydroxylation is 1. The van der Waals surface area contributed by atoms with Crippen LogP contribution in [-0.4, -0.2) is 27.0 Å². The minimum atomic E-state index is 0.0950. The monoisotopic (exact) mass is 323 g/mol. The van der Waals surface area contributed by atoms with Gasteiger partial charge in [0, 0.05) is 23.8 Å². The molecule has 1 aromatic heterocycles. The molecule has 0 saturated heterocycles. The maximum Gasteiger partial charge on any atom is 0.275 e. The Hall–Kier alpha value is -2.10. The van der Waals surface area contributed by atoms with E-state index in [4.69, 9.17) is 0 Å². The van der Waals surface area contributed by atoms with E-state index < -0.39 is 0 Å². The van der Waals surface area contributed by atoms with Crippen LogP contribution < -0.4 is 0 Å². The van der Waals surface area contributed by atoms with Gasteiger partial charge in [0.05, 0.1) is 0 Å². The summed E-state index contributed by atoms with van der Waals surface area (Å²) in [5.74, 6) is 0.741. The van der Waals surface area contributed by atoms with Gasteiger partial charge in [0.1, 0.15) is 0 Å². The van der Waals surface area contributed by atoms with Gasteiger partial charge in [-0.15, -0.1) is 0 Å². The third kappa shape index (κ3) is 2.97. The lowest BCUT2D eigenvalue weighted by Gasteiger charge is -2.29. The molecule has 126 valence electrons. The Balaban J connectivity index is 1.62. The number of hydrogen-bond donors (Lipinski definition) is 1. The lowest BCUT2D eigenvalue weighted by molar-refractivity contribution is 0.0647. The van der Waals surface area contributed by atoms with E-state index in [9.17, 15) is 4.79 Å². The van der Waals surface area contributed by atoms with Crippen LogP contribution in [0, 0.1) is 5.92 Å². The van der Waals surface area contributed by atoms with Crippen LogP contribution in [0.1, 0.15) is 59.9 Å². The third-order valence-electron chi connectivity index (χ3n) is 5.51. The summed E-state index contributed by atoms with van der Waals surface area (Å²) in [4.78, 5) is 15.3. The molecule has 4 heteroatoms. The number of aromatic nitrogens is 2. The number of rotatable bonds is 5. The average Bonchev–Trinajstić information content (AvgIpc) is 3.39. The highest BCUT2D eigenvalue weighted by Gasteiger charge is 2.36. The predicted molar refractivity (Wildman–Crippen MR) is 93.7 cm³/mol. The van der Waals surface area contributed by atoms with Crippen LogP contribution in [0.2, 0.25) is 0 Å². The molecule has 1 saturated carbocycles. The summed E-state index contributed by atoms with van der Waals surface area (Å²) in [6.45, 7) is 2.86. The summed E-state index contributed by atoms with van der Waals surface area (Å²) < 4.78 is 0. The fourth-order valence-electron chi connectivity index (χ4n) is 3.81. The van der Waals surface area contributed by atoms with Gasteiger partial charge < -0.3 is 4.90 Å². The number of nitrogens with one attached hydrogen (secondary N) is 1. The Morgan fingerprint density at radius 1 is 1.25 bits per heavy atom. The number of benzene rings is 1. The van der Waals surface area contributed by atoms with E-state index in [0.29, 0.717) is 18.2 Å². The molecule has 4 nitrogen and oxygen atoms in total. The Kier molecular flexibility index (Phi) is 4.13. The second-order valence-electron chi connectivity index (χ2n) is 7.23. The highest BCUT2D eigenvalue weighted by atomic mass is 16.2. The van der Waals surface area contributed by atoms with Crippen LogP contribution in [0.3, 0.4) is 0 Å². The average molecular weight is 323 g/mol. The van der Waals surface area contributed by atoms with E-state index in [1.165, 1.54) is 30.5 Å². The van der Waals surface area contributed by atoms with Crippen molar-refractivity contribution >= 4 is 5.91 Å². The molecule has 2 aromatic rings. The standard InChI is InChI=1S/C20H25N3O/c1-14(16-11-12-16)23(13-15-7-3-2-4-8-15)20(24)19-17-9-5-6-10-18(17)21-22-19/h2-4,7-8,14,16H,5-6,9-13H2,1H3,(H,21,22). The first-order valence-corrected chi connectivity index (χ1v) is 9.15. The van der Waals surface area contributed by atoms with Crippen molar-refractivity contribution in [3.05, 3.63) is 52.8 Å². The van der Waals surface area contributed by atoms with Crippen LogP contribution in [0.5, 0.6) is 0 Å². The maximum absolute atomic E-state index is 13.3. The minimum absolute atomic E-state index is 0.0950. The van der Waals surface area contributed by atoms with Crippen LogP contribution in [0.25, 0.3) is 0 Å². The number of hydrogen-bond acceptors (Lipinski definition) is 2. The number of carbonyl (C=O) groups is 1. The normalized spacial score (nSPS) is 18.0. The summed E-state index contributed by atoms with van der Waals surface area (Å²) in [6, 6.07) is 10.6. The van der Waals surface area contributed by atoms with E-state index in [1.807, 2.05) is 23.1 Å². The van der Waals surface area contributed by atoms with Gasteiger partial charge in [-0.05, 0) is 56.9 Å². The van der Waals surface area contributed by atoms with Gasteiger partial charge in [-0.25, -0.2) is 0 Å². The smallest absolute Gasteiger partial charge is 0.275 e. The largest absolute Gasteiger partial charge is 0.330 e. The van der Waals surface area contributed by atoms with E-state index >= 15 is 0 Å². The molecule has 4 rings (SSSR count).